The zero-order chi connectivity index (χ0) is 24.3. The lowest BCUT2D eigenvalue weighted by Crippen LogP contribution is -2.29. The second kappa shape index (κ2) is 13.0. The average molecular weight is 466 g/mol. The van der Waals surface area contributed by atoms with Gasteiger partial charge in [0.05, 0.1) is 26.4 Å². The maximum Gasteiger partial charge on any atom is 0.0606 e. The number of hydrogen-bond donors (Lipinski definition) is 5. The molecule has 0 aliphatic heterocycles. The minimum atomic E-state index is -0.0167. The zero-order valence-corrected chi connectivity index (χ0v) is 19.4. The van der Waals surface area contributed by atoms with Crippen LogP contribution in [-0.2, 0) is 0 Å². The molecule has 0 heterocycles. The van der Waals surface area contributed by atoms with Gasteiger partial charge >= 0.3 is 0 Å². The average Bonchev–Trinajstić information content (AvgIpc) is 2.86. The van der Waals surface area contributed by atoms with Gasteiger partial charge in [0.1, 0.15) is 0 Å². The molecule has 7 heteroatoms. The molecule has 3 aromatic carbocycles. The Bertz CT molecular complexity index is 907. The summed E-state index contributed by atoms with van der Waals surface area (Å²) in [4.78, 5) is 3.90. The molecule has 0 saturated carbocycles. The van der Waals surface area contributed by atoms with Gasteiger partial charge in [0.25, 0.3) is 0 Å². The molecule has 0 atom stereocenters. The van der Waals surface area contributed by atoms with Crippen LogP contribution in [0.2, 0.25) is 0 Å². The minimum Gasteiger partial charge on any atom is -0.399 e. The normalized spacial score (nSPS) is 11.1. The molecule has 0 aliphatic carbocycles. The van der Waals surface area contributed by atoms with E-state index in [9.17, 15) is 20.4 Å². The molecule has 6 N–H and O–H groups in total. The Morgan fingerprint density at radius 1 is 0.500 bits per heavy atom. The third kappa shape index (κ3) is 6.48. The van der Waals surface area contributed by atoms with Crippen molar-refractivity contribution in [3.63, 3.8) is 0 Å². The molecule has 0 aliphatic rings. The summed E-state index contributed by atoms with van der Waals surface area (Å²) in [6, 6.07) is 24.3. The highest BCUT2D eigenvalue weighted by atomic mass is 16.3. The van der Waals surface area contributed by atoms with Crippen molar-refractivity contribution in [2.45, 2.75) is 5.92 Å². The molecule has 0 bridgehead atoms. The number of nitrogens with two attached hydrogens (primary N) is 1. The van der Waals surface area contributed by atoms with Gasteiger partial charge in [0.15, 0.2) is 0 Å². The van der Waals surface area contributed by atoms with Crippen LogP contribution in [0.25, 0.3) is 0 Å². The third-order valence-corrected chi connectivity index (χ3v) is 5.93. The Morgan fingerprint density at radius 2 is 0.794 bits per heavy atom. The molecule has 34 heavy (non-hydrogen) atoms. The predicted octanol–water partition coefficient (Wildman–Crippen LogP) is 2.03. The van der Waals surface area contributed by atoms with Crippen LogP contribution < -0.4 is 15.5 Å². The maximum absolute atomic E-state index is 9.35. The van der Waals surface area contributed by atoms with Gasteiger partial charge in [0, 0.05) is 49.2 Å². The number of aliphatic hydroxyl groups is 4. The smallest absolute Gasteiger partial charge is 0.0606 e. The van der Waals surface area contributed by atoms with E-state index in [-0.39, 0.29) is 32.3 Å². The van der Waals surface area contributed by atoms with Gasteiger partial charge in [-0.15, -0.1) is 0 Å². The topological polar surface area (TPSA) is 113 Å². The molecule has 0 amide bonds. The highest BCUT2D eigenvalue weighted by Crippen LogP contribution is 2.34. The van der Waals surface area contributed by atoms with E-state index in [2.05, 4.69) is 24.3 Å². The maximum atomic E-state index is 9.35. The van der Waals surface area contributed by atoms with E-state index in [4.69, 9.17) is 5.73 Å². The van der Waals surface area contributed by atoms with Crippen molar-refractivity contribution in [1.82, 2.24) is 0 Å². The van der Waals surface area contributed by atoms with E-state index in [1.165, 1.54) is 0 Å². The molecule has 0 spiro atoms. The summed E-state index contributed by atoms with van der Waals surface area (Å²) >= 11 is 0. The van der Waals surface area contributed by atoms with Crippen LogP contribution in [-0.4, -0.2) is 73.0 Å². The number of aliphatic hydroxyl groups excluding tert-OH is 4. The molecular weight excluding hydrogens is 430 g/mol. The summed E-state index contributed by atoms with van der Waals surface area (Å²) in [5, 5.41) is 37.4. The van der Waals surface area contributed by atoms with E-state index < -0.39 is 0 Å². The van der Waals surface area contributed by atoms with Crippen LogP contribution >= 0.6 is 0 Å². The fraction of sp³-hybridized carbons (Fsp3) is 0.333. The van der Waals surface area contributed by atoms with Crippen molar-refractivity contribution >= 4 is 17.1 Å². The Labute approximate surface area is 201 Å². The Balaban J connectivity index is 1.96. The Morgan fingerprint density at radius 3 is 1.09 bits per heavy atom. The molecule has 0 radical (unpaired) electrons. The van der Waals surface area contributed by atoms with Crippen LogP contribution in [0.15, 0.2) is 72.8 Å². The molecule has 0 aromatic heterocycles. The van der Waals surface area contributed by atoms with Crippen LogP contribution in [0.4, 0.5) is 17.1 Å². The SMILES string of the molecule is Nc1ccc(C(c2ccc(N(CCO)CCO)cc2)c2ccc(N(CCO)CCO)cc2)cc1. The number of nitrogen functional groups attached to an aromatic ring is 1. The fourth-order valence-electron chi connectivity index (χ4n) is 4.24. The van der Waals surface area contributed by atoms with E-state index in [0.29, 0.717) is 31.9 Å². The van der Waals surface area contributed by atoms with Gasteiger partial charge < -0.3 is 36.0 Å². The minimum absolute atomic E-state index is 0.0167. The number of benzene rings is 3. The van der Waals surface area contributed by atoms with Crippen LogP contribution in [0.5, 0.6) is 0 Å². The lowest BCUT2D eigenvalue weighted by atomic mass is 9.85. The van der Waals surface area contributed by atoms with Gasteiger partial charge in [-0.2, -0.15) is 0 Å². The quantitative estimate of drug-likeness (QED) is 0.194. The first-order valence-corrected chi connectivity index (χ1v) is 11.6. The Kier molecular flexibility index (Phi) is 9.73. The molecule has 0 unspecified atom stereocenters. The predicted molar refractivity (Wildman–Crippen MR) is 137 cm³/mol. The molecule has 7 nitrogen and oxygen atoms in total. The fourth-order valence-corrected chi connectivity index (χ4v) is 4.24. The van der Waals surface area contributed by atoms with Gasteiger partial charge in [0.2, 0.25) is 0 Å². The second-order valence-electron chi connectivity index (χ2n) is 8.15. The number of anilines is 3. The summed E-state index contributed by atoms with van der Waals surface area (Å²) < 4.78 is 0. The van der Waals surface area contributed by atoms with Crippen LogP contribution in [0, 0.1) is 0 Å². The van der Waals surface area contributed by atoms with Gasteiger partial charge in [-0.1, -0.05) is 36.4 Å². The molecule has 3 aromatic rings. The molecule has 182 valence electrons. The lowest BCUT2D eigenvalue weighted by molar-refractivity contribution is 0.280. The third-order valence-electron chi connectivity index (χ3n) is 5.93. The van der Waals surface area contributed by atoms with Crippen molar-refractivity contribution < 1.29 is 20.4 Å². The van der Waals surface area contributed by atoms with Crippen molar-refractivity contribution in [3.05, 3.63) is 89.5 Å². The number of nitrogens with zero attached hydrogens (tertiary/aromatic N) is 2. The first kappa shape index (κ1) is 25.5. The molecular formula is C27H35N3O4. The largest absolute Gasteiger partial charge is 0.399 e. The first-order chi connectivity index (χ1) is 16.6. The van der Waals surface area contributed by atoms with Gasteiger partial charge in [-0.05, 0) is 53.1 Å². The molecule has 0 saturated heterocycles. The van der Waals surface area contributed by atoms with Crippen LogP contribution in [0.3, 0.4) is 0 Å². The summed E-state index contributed by atoms with van der Waals surface area (Å²) in [7, 11) is 0. The van der Waals surface area contributed by atoms with Crippen molar-refractivity contribution in [2.24, 2.45) is 0 Å². The Hall–Kier alpha value is -3.10. The van der Waals surface area contributed by atoms with E-state index >= 15 is 0 Å². The highest BCUT2D eigenvalue weighted by Gasteiger charge is 2.18. The summed E-state index contributed by atoms with van der Waals surface area (Å²) in [6.45, 7) is 1.92. The number of hydrogen-bond acceptors (Lipinski definition) is 7. The first-order valence-electron chi connectivity index (χ1n) is 11.6. The summed E-state index contributed by atoms with van der Waals surface area (Å²) in [5.74, 6) is -0.0167. The van der Waals surface area contributed by atoms with Crippen LogP contribution in [0.1, 0.15) is 22.6 Å². The van der Waals surface area contributed by atoms with Crippen molar-refractivity contribution in [3.8, 4) is 0 Å². The zero-order valence-electron chi connectivity index (χ0n) is 19.4. The summed E-state index contributed by atoms with van der Waals surface area (Å²) in [6.07, 6.45) is 0. The standard InChI is InChI=1S/C27H35N3O4/c28-24-7-1-21(2-8-24)27(22-3-9-25(10-4-22)29(13-17-31)14-18-32)23-5-11-26(12-6-23)30(15-19-33)16-20-34/h1-12,27,31-34H,13-20,28H2. The molecule has 0 fully saturated rings. The van der Waals surface area contributed by atoms with Crippen molar-refractivity contribution in [1.29, 1.82) is 0 Å². The van der Waals surface area contributed by atoms with E-state index in [1.54, 1.807) is 0 Å². The number of rotatable bonds is 13. The van der Waals surface area contributed by atoms with E-state index in [1.807, 2.05) is 58.3 Å². The molecule has 3 rings (SSSR count). The van der Waals surface area contributed by atoms with E-state index in [0.717, 1.165) is 28.1 Å². The van der Waals surface area contributed by atoms with Gasteiger partial charge in [-0.25, -0.2) is 0 Å². The lowest BCUT2D eigenvalue weighted by Gasteiger charge is -2.26. The summed E-state index contributed by atoms with van der Waals surface area (Å²) in [5.41, 5.74) is 11.9. The van der Waals surface area contributed by atoms with Crippen molar-refractivity contribution in [2.75, 3.05) is 68.1 Å². The highest BCUT2D eigenvalue weighted by molar-refractivity contribution is 5.55. The van der Waals surface area contributed by atoms with Gasteiger partial charge in [-0.3, -0.25) is 0 Å². The second-order valence-corrected chi connectivity index (χ2v) is 8.15. The monoisotopic (exact) mass is 465 g/mol.